The number of rotatable bonds is 4. The topological polar surface area (TPSA) is 52.5 Å². The van der Waals surface area contributed by atoms with Crippen LogP contribution in [0.3, 0.4) is 0 Å². The van der Waals surface area contributed by atoms with Crippen molar-refractivity contribution in [3.8, 4) is 5.75 Å². The maximum atomic E-state index is 11.4. The summed E-state index contributed by atoms with van der Waals surface area (Å²) >= 11 is 0. The summed E-state index contributed by atoms with van der Waals surface area (Å²) in [5.74, 6) is 0.325. The molecule has 0 aromatic heterocycles. The van der Waals surface area contributed by atoms with Crippen LogP contribution in [0.5, 0.6) is 5.75 Å². The van der Waals surface area contributed by atoms with Crippen molar-refractivity contribution >= 4 is 12.4 Å². The molecule has 1 aromatic rings. The van der Waals surface area contributed by atoms with Crippen molar-refractivity contribution in [3.05, 3.63) is 29.3 Å². The van der Waals surface area contributed by atoms with Gasteiger partial charge in [-0.3, -0.25) is 0 Å². The van der Waals surface area contributed by atoms with Gasteiger partial charge in [0.15, 0.2) is 0 Å². The number of fused-ring (bicyclic) bond motifs is 3. The van der Waals surface area contributed by atoms with Gasteiger partial charge in [0.05, 0.1) is 5.60 Å². The van der Waals surface area contributed by atoms with Gasteiger partial charge in [0, 0.05) is 5.41 Å². The Kier molecular flexibility index (Phi) is 5.41. The van der Waals surface area contributed by atoms with Gasteiger partial charge in [-0.2, -0.15) is 0 Å². The van der Waals surface area contributed by atoms with E-state index in [0.29, 0.717) is 5.75 Å². The fourth-order valence-electron chi connectivity index (χ4n) is 4.61. The molecule has 22 heavy (non-hydrogen) atoms. The fraction of sp³-hybridized carbons (Fsp3) is 0.667. The molecule has 4 heteroatoms. The van der Waals surface area contributed by atoms with Gasteiger partial charge in [-0.15, -0.1) is 12.4 Å². The Morgan fingerprint density at radius 2 is 1.95 bits per heavy atom. The molecule has 2 aliphatic rings. The third-order valence-corrected chi connectivity index (χ3v) is 5.73. The van der Waals surface area contributed by atoms with Crippen LogP contribution in [-0.2, 0) is 11.8 Å². The van der Waals surface area contributed by atoms with Crippen LogP contribution in [-0.4, -0.2) is 28.9 Å². The lowest BCUT2D eigenvalue weighted by atomic mass is 9.53. The Morgan fingerprint density at radius 1 is 1.18 bits per heavy atom. The molecule has 0 aliphatic heterocycles. The van der Waals surface area contributed by atoms with Gasteiger partial charge in [0.2, 0.25) is 0 Å². The molecule has 0 amide bonds. The highest BCUT2D eigenvalue weighted by atomic mass is 35.5. The second-order valence-electron chi connectivity index (χ2n) is 6.77. The van der Waals surface area contributed by atoms with E-state index >= 15 is 0 Å². The number of benzene rings is 1. The average molecular weight is 326 g/mol. The summed E-state index contributed by atoms with van der Waals surface area (Å²) in [5.41, 5.74) is 1.74. The first-order valence-corrected chi connectivity index (χ1v) is 8.37. The molecular formula is C18H28ClNO2. The molecule has 3 nitrogen and oxygen atoms in total. The number of nitrogens with one attached hydrogen (secondary N) is 1. The SMILES string of the molecule is CCNCC[C@@]12CCCC[C@]1(O)CCc1ccc(O)cc12.Cl. The van der Waals surface area contributed by atoms with Crippen molar-refractivity contribution in [2.24, 2.45) is 0 Å². The monoisotopic (exact) mass is 325 g/mol. The van der Waals surface area contributed by atoms with E-state index in [-0.39, 0.29) is 17.8 Å². The highest BCUT2D eigenvalue weighted by Crippen LogP contribution is 2.55. The van der Waals surface area contributed by atoms with Crippen molar-refractivity contribution in [2.75, 3.05) is 13.1 Å². The van der Waals surface area contributed by atoms with Crippen LogP contribution >= 0.6 is 12.4 Å². The van der Waals surface area contributed by atoms with Crippen molar-refractivity contribution in [1.82, 2.24) is 5.32 Å². The summed E-state index contributed by atoms with van der Waals surface area (Å²) < 4.78 is 0. The van der Waals surface area contributed by atoms with Crippen LogP contribution in [0, 0.1) is 0 Å². The maximum Gasteiger partial charge on any atom is 0.115 e. The third-order valence-electron chi connectivity index (χ3n) is 5.73. The summed E-state index contributed by atoms with van der Waals surface area (Å²) in [6.07, 6.45) is 6.95. The molecule has 0 unspecified atom stereocenters. The lowest BCUT2D eigenvalue weighted by Crippen LogP contribution is -2.57. The second-order valence-corrected chi connectivity index (χ2v) is 6.77. The predicted octanol–water partition coefficient (Wildman–Crippen LogP) is 3.30. The van der Waals surface area contributed by atoms with Crippen LogP contribution < -0.4 is 5.32 Å². The number of aliphatic hydroxyl groups is 1. The number of halogens is 1. The summed E-state index contributed by atoms with van der Waals surface area (Å²) in [4.78, 5) is 0. The third kappa shape index (κ3) is 2.75. The molecule has 3 N–H and O–H groups in total. The molecular weight excluding hydrogens is 298 g/mol. The first-order valence-electron chi connectivity index (χ1n) is 8.37. The summed E-state index contributed by atoms with van der Waals surface area (Å²) in [6.45, 7) is 4.00. The molecule has 1 aromatic carbocycles. The maximum absolute atomic E-state index is 11.4. The van der Waals surface area contributed by atoms with Gasteiger partial charge in [-0.25, -0.2) is 0 Å². The van der Waals surface area contributed by atoms with E-state index in [0.717, 1.165) is 51.6 Å². The van der Waals surface area contributed by atoms with Crippen LogP contribution in [0.1, 0.15) is 56.6 Å². The van der Waals surface area contributed by atoms with Gasteiger partial charge in [0.25, 0.3) is 0 Å². The molecule has 2 aliphatic carbocycles. The smallest absolute Gasteiger partial charge is 0.115 e. The van der Waals surface area contributed by atoms with Crippen LogP contribution in [0.2, 0.25) is 0 Å². The number of phenolic OH excluding ortho intramolecular Hbond substituents is 1. The zero-order valence-corrected chi connectivity index (χ0v) is 14.2. The molecule has 2 atom stereocenters. The van der Waals surface area contributed by atoms with Gasteiger partial charge in [-0.1, -0.05) is 25.8 Å². The van der Waals surface area contributed by atoms with Gasteiger partial charge >= 0.3 is 0 Å². The zero-order valence-electron chi connectivity index (χ0n) is 13.4. The van der Waals surface area contributed by atoms with E-state index in [4.69, 9.17) is 0 Å². The van der Waals surface area contributed by atoms with Gasteiger partial charge in [0.1, 0.15) is 5.75 Å². The summed E-state index contributed by atoms with van der Waals surface area (Å²) in [6, 6.07) is 5.74. The second kappa shape index (κ2) is 6.77. The van der Waals surface area contributed by atoms with E-state index in [2.05, 4.69) is 12.2 Å². The molecule has 0 saturated heterocycles. The Morgan fingerprint density at radius 3 is 2.73 bits per heavy atom. The lowest BCUT2D eigenvalue weighted by Gasteiger charge is -2.55. The first-order chi connectivity index (χ1) is 10.1. The number of aromatic hydroxyl groups is 1. The fourth-order valence-corrected chi connectivity index (χ4v) is 4.61. The Labute approximate surface area is 139 Å². The normalized spacial score (nSPS) is 30.1. The Balaban J connectivity index is 0.00000176. The van der Waals surface area contributed by atoms with E-state index in [1.54, 1.807) is 6.07 Å². The lowest BCUT2D eigenvalue weighted by molar-refractivity contribution is -0.0868. The van der Waals surface area contributed by atoms with Crippen molar-refractivity contribution < 1.29 is 10.2 Å². The largest absolute Gasteiger partial charge is 0.508 e. The Bertz CT molecular complexity index is 522. The van der Waals surface area contributed by atoms with Crippen molar-refractivity contribution in [3.63, 3.8) is 0 Å². The standard InChI is InChI=1S/C18H27NO2.ClH/c1-2-19-12-11-17-8-3-4-9-18(17,21)10-7-14-5-6-15(20)13-16(14)17;/h5-6,13,19-21H,2-4,7-12H2,1H3;1H/t17-,18+;/m1./s1. The first kappa shape index (κ1) is 17.6. The molecule has 0 spiro atoms. The molecule has 0 radical (unpaired) electrons. The zero-order chi connectivity index (χ0) is 14.9. The van der Waals surface area contributed by atoms with E-state index in [1.165, 1.54) is 17.5 Å². The molecule has 1 saturated carbocycles. The number of aryl methyl sites for hydroxylation is 1. The van der Waals surface area contributed by atoms with E-state index in [9.17, 15) is 10.2 Å². The number of hydrogen-bond donors (Lipinski definition) is 3. The van der Waals surface area contributed by atoms with Crippen molar-refractivity contribution in [2.45, 2.75) is 62.9 Å². The quantitative estimate of drug-likeness (QED) is 0.744. The van der Waals surface area contributed by atoms with Crippen LogP contribution in [0.4, 0.5) is 0 Å². The molecule has 3 rings (SSSR count). The Hall–Kier alpha value is -0.770. The number of hydrogen-bond acceptors (Lipinski definition) is 3. The minimum absolute atomic E-state index is 0. The summed E-state index contributed by atoms with van der Waals surface area (Å²) in [7, 11) is 0. The molecule has 1 fully saturated rings. The van der Waals surface area contributed by atoms with E-state index < -0.39 is 5.60 Å². The van der Waals surface area contributed by atoms with Crippen LogP contribution in [0.25, 0.3) is 0 Å². The highest BCUT2D eigenvalue weighted by molar-refractivity contribution is 5.85. The van der Waals surface area contributed by atoms with Gasteiger partial charge < -0.3 is 15.5 Å². The minimum Gasteiger partial charge on any atom is -0.508 e. The highest BCUT2D eigenvalue weighted by Gasteiger charge is 2.54. The molecule has 0 bridgehead atoms. The molecule has 124 valence electrons. The van der Waals surface area contributed by atoms with Crippen LogP contribution in [0.15, 0.2) is 18.2 Å². The van der Waals surface area contributed by atoms with Crippen molar-refractivity contribution in [1.29, 1.82) is 0 Å². The predicted molar refractivity (Wildman–Crippen MR) is 91.9 cm³/mol. The summed E-state index contributed by atoms with van der Waals surface area (Å²) in [5, 5.41) is 24.7. The van der Waals surface area contributed by atoms with E-state index in [1.807, 2.05) is 12.1 Å². The number of phenols is 1. The average Bonchev–Trinajstić information content (AvgIpc) is 2.48. The minimum atomic E-state index is -0.596. The molecule has 0 heterocycles. The van der Waals surface area contributed by atoms with Gasteiger partial charge in [-0.05, 0) is 68.5 Å².